The quantitative estimate of drug-likeness (QED) is 0.564. The fraction of sp³-hybridized carbons (Fsp3) is 0.385. The highest BCUT2D eigenvalue weighted by Gasteiger charge is 2.23. The van der Waals surface area contributed by atoms with E-state index < -0.39 is 24.0 Å². The summed E-state index contributed by atoms with van der Waals surface area (Å²) in [7, 11) is 0. The first kappa shape index (κ1) is 15.0. The van der Waals surface area contributed by atoms with E-state index in [0.717, 1.165) is 5.56 Å². The number of carbonyl (C=O) groups is 2. The number of carbonyl (C=O) groups excluding carboxylic acids is 1. The van der Waals surface area contributed by atoms with Crippen LogP contribution >= 0.6 is 0 Å². The van der Waals surface area contributed by atoms with Crippen molar-refractivity contribution in [3.63, 3.8) is 0 Å². The lowest BCUT2D eigenvalue weighted by molar-refractivity contribution is -0.139. The van der Waals surface area contributed by atoms with Gasteiger partial charge in [-0.2, -0.15) is 0 Å². The zero-order valence-electron chi connectivity index (χ0n) is 10.7. The Kier molecular flexibility index (Phi) is 5.32. The number of primary amides is 1. The molecule has 104 valence electrons. The smallest absolute Gasteiger partial charge is 0.321 e. The van der Waals surface area contributed by atoms with Crippen LogP contribution in [0.25, 0.3) is 0 Å². The van der Waals surface area contributed by atoms with Crippen molar-refractivity contribution in [3.8, 4) is 5.75 Å². The second-order valence-electron chi connectivity index (χ2n) is 4.29. The Balaban J connectivity index is 2.75. The fourth-order valence-corrected chi connectivity index (χ4v) is 1.73. The fourth-order valence-electron chi connectivity index (χ4n) is 1.73. The van der Waals surface area contributed by atoms with Crippen LogP contribution in [0.3, 0.4) is 0 Å². The molecule has 0 aliphatic heterocycles. The van der Waals surface area contributed by atoms with E-state index in [0.29, 0.717) is 6.42 Å². The van der Waals surface area contributed by atoms with Gasteiger partial charge in [-0.05, 0) is 30.5 Å². The van der Waals surface area contributed by atoms with Crippen LogP contribution in [0.5, 0.6) is 5.75 Å². The van der Waals surface area contributed by atoms with Crippen LogP contribution < -0.4 is 11.1 Å². The maximum atomic E-state index is 11.2. The number of nitrogens with one attached hydrogen (secondary N) is 1. The highest BCUT2D eigenvalue weighted by atomic mass is 16.4. The summed E-state index contributed by atoms with van der Waals surface area (Å²) in [5, 5.41) is 21.0. The number of nitrogens with two attached hydrogens (primary N) is 1. The van der Waals surface area contributed by atoms with Crippen molar-refractivity contribution in [1.29, 1.82) is 0 Å². The second kappa shape index (κ2) is 6.75. The molecule has 0 bridgehead atoms. The highest BCUT2D eigenvalue weighted by Crippen LogP contribution is 2.12. The molecule has 0 aliphatic carbocycles. The molecule has 6 nitrogen and oxygen atoms in total. The molecule has 0 spiro atoms. The summed E-state index contributed by atoms with van der Waals surface area (Å²) < 4.78 is 0. The largest absolute Gasteiger partial charge is 0.508 e. The van der Waals surface area contributed by atoms with Crippen LogP contribution in [0.2, 0.25) is 0 Å². The van der Waals surface area contributed by atoms with E-state index in [-0.39, 0.29) is 12.2 Å². The van der Waals surface area contributed by atoms with Crippen LogP contribution in [-0.4, -0.2) is 34.2 Å². The molecule has 1 rings (SSSR count). The average Bonchev–Trinajstić information content (AvgIpc) is 2.36. The minimum absolute atomic E-state index is 0.118. The van der Waals surface area contributed by atoms with Gasteiger partial charge in [0.2, 0.25) is 5.91 Å². The van der Waals surface area contributed by atoms with Crippen molar-refractivity contribution in [2.24, 2.45) is 5.73 Å². The predicted molar refractivity (Wildman–Crippen MR) is 69.6 cm³/mol. The third-order valence-corrected chi connectivity index (χ3v) is 2.83. The first-order chi connectivity index (χ1) is 8.93. The van der Waals surface area contributed by atoms with Crippen molar-refractivity contribution in [2.75, 3.05) is 0 Å². The van der Waals surface area contributed by atoms with Crippen molar-refractivity contribution < 1.29 is 19.8 Å². The van der Waals surface area contributed by atoms with E-state index in [1.54, 1.807) is 19.1 Å². The Morgan fingerprint density at radius 1 is 1.26 bits per heavy atom. The van der Waals surface area contributed by atoms with Gasteiger partial charge in [0.1, 0.15) is 11.8 Å². The van der Waals surface area contributed by atoms with Crippen molar-refractivity contribution >= 4 is 11.9 Å². The summed E-state index contributed by atoms with van der Waals surface area (Å²) >= 11 is 0. The lowest BCUT2D eigenvalue weighted by Gasteiger charge is -2.20. The van der Waals surface area contributed by atoms with Gasteiger partial charge in [0, 0.05) is 0 Å². The van der Waals surface area contributed by atoms with Gasteiger partial charge in [-0.25, -0.2) is 0 Å². The zero-order chi connectivity index (χ0) is 14.4. The maximum absolute atomic E-state index is 11.2. The molecule has 0 heterocycles. The summed E-state index contributed by atoms with van der Waals surface area (Å²) in [4.78, 5) is 22.3. The first-order valence-corrected chi connectivity index (χ1v) is 6.00. The van der Waals surface area contributed by atoms with E-state index in [1.165, 1.54) is 12.1 Å². The number of aromatic hydroxyl groups is 1. The average molecular weight is 266 g/mol. The summed E-state index contributed by atoms with van der Waals surface area (Å²) in [5.74, 6) is -1.50. The summed E-state index contributed by atoms with van der Waals surface area (Å²) in [6.07, 6.45) is 0.633. The van der Waals surface area contributed by atoms with Gasteiger partial charge in [-0.1, -0.05) is 19.1 Å². The molecule has 0 aromatic heterocycles. The molecule has 2 atom stereocenters. The first-order valence-electron chi connectivity index (χ1n) is 6.00. The Bertz CT molecular complexity index is 444. The Morgan fingerprint density at radius 2 is 1.84 bits per heavy atom. The molecule has 1 aromatic rings. The van der Waals surface area contributed by atoms with E-state index in [2.05, 4.69) is 5.32 Å². The van der Waals surface area contributed by atoms with Crippen LogP contribution in [0.1, 0.15) is 18.9 Å². The lowest BCUT2D eigenvalue weighted by atomic mass is 10.0. The van der Waals surface area contributed by atoms with Crippen molar-refractivity contribution in [3.05, 3.63) is 29.8 Å². The molecule has 5 N–H and O–H groups in total. The normalized spacial score (nSPS) is 13.7. The summed E-state index contributed by atoms with van der Waals surface area (Å²) in [5.41, 5.74) is 5.93. The van der Waals surface area contributed by atoms with E-state index >= 15 is 0 Å². The summed E-state index contributed by atoms with van der Waals surface area (Å²) in [6, 6.07) is 4.68. The van der Waals surface area contributed by atoms with E-state index in [4.69, 9.17) is 15.9 Å². The number of phenolic OH excluding ortho intramolecular Hbond substituents is 1. The number of rotatable bonds is 7. The minimum atomic E-state index is -1.05. The van der Waals surface area contributed by atoms with Gasteiger partial charge in [0.05, 0.1) is 6.04 Å². The SMILES string of the molecule is CCC(N[C@@H](Cc1ccc(O)cc1)C(=O)O)C(N)=O. The van der Waals surface area contributed by atoms with Crippen LogP contribution in [0, 0.1) is 0 Å². The second-order valence-corrected chi connectivity index (χ2v) is 4.29. The van der Waals surface area contributed by atoms with Crippen molar-refractivity contribution in [1.82, 2.24) is 5.32 Å². The third kappa shape index (κ3) is 4.59. The molecule has 1 unspecified atom stereocenters. The van der Waals surface area contributed by atoms with Crippen LogP contribution in [0.15, 0.2) is 24.3 Å². The molecule has 0 saturated carbocycles. The maximum Gasteiger partial charge on any atom is 0.321 e. The predicted octanol–water partition coefficient (Wildman–Crippen LogP) is 0.241. The topological polar surface area (TPSA) is 113 Å². The van der Waals surface area contributed by atoms with Gasteiger partial charge in [-0.15, -0.1) is 0 Å². The van der Waals surface area contributed by atoms with Gasteiger partial charge in [0.15, 0.2) is 0 Å². The highest BCUT2D eigenvalue weighted by molar-refractivity contribution is 5.81. The number of phenols is 1. The van der Waals surface area contributed by atoms with E-state index in [1.807, 2.05) is 0 Å². The van der Waals surface area contributed by atoms with Gasteiger partial charge >= 0.3 is 5.97 Å². The molecule has 6 heteroatoms. The number of benzene rings is 1. The number of carboxylic acid groups (broad SMARTS) is 1. The zero-order valence-corrected chi connectivity index (χ0v) is 10.7. The van der Waals surface area contributed by atoms with Gasteiger partial charge in [-0.3, -0.25) is 14.9 Å². The molecular formula is C13H18N2O4. The monoisotopic (exact) mass is 266 g/mol. The van der Waals surface area contributed by atoms with Crippen LogP contribution in [0.4, 0.5) is 0 Å². The van der Waals surface area contributed by atoms with Gasteiger partial charge < -0.3 is 15.9 Å². The molecule has 1 aromatic carbocycles. The number of carboxylic acids is 1. The number of amides is 1. The molecule has 19 heavy (non-hydrogen) atoms. The molecule has 0 radical (unpaired) electrons. The Hall–Kier alpha value is -2.08. The summed E-state index contributed by atoms with van der Waals surface area (Å²) in [6.45, 7) is 1.75. The van der Waals surface area contributed by atoms with Crippen molar-refractivity contribution in [2.45, 2.75) is 31.8 Å². The lowest BCUT2D eigenvalue weighted by Crippen LogP contribution is -2.50. The van der Waals surface area contributed by atoms with Gasteiger partial charge in [0.25, 0.3) is 0 Å². The molecule has 1 amide bonds. The standard InChI is InChI=1S/C13H18N2O4/c1-2-10(12(14)17)15-11(13(18)19)7-8-3-5-9(16)6-4-8/h3-6,10-11,15-16H,2,7H2,1H3,(H2,14,17)(H,18,19)/t10?,11-/m0/s1. The molecule has 0 aliphatic rings. The third-order valence-electron chi connectivity index (χ3n) is 2.83. The molecule has 0 saturated heterocycles. The minimum Gasteiger partial charge on any atom is -0.508 e. The Morgan fingerprint density at radius 3 is 2.26 bits per heavy atom. The van der Waals surface area contributed by atoms with E-state index in [9.17, 15) is 9.59 Å². The Labute approximate surface area is 111 Å². The van der Waals surface area contributed by atoms with Crippen LogP contribution in [-0.2, 0) is 16.0 Å². The number of hydrogen-bond acceptors (Lipinski definition) is 4. The molecular weight excluding hydrogens is 248 g/mol. The molecule has 0 fully saturated rings. The number of hydrogen-bond donors (Lipinski definition) is 4. The number of aliphatic carboxylic acids is 1.